The Morgan fingerprint density at radius 1 is 1.33 bits per heavy atom. The molecule has 15 heavy (non-hydrogen) atoms. The summed E-state index contributed by atoms with van der Waals surface area (Å²) in [4.78, 5) is 21.5. The van der Waals surface area contributed by atoms with Gasteiger partial charge in [0.1, 0.15) is 6.04 Å². The van der Waals surface area contributed by atoms with Crippen LogP contribution in [-0.4, -0.2) is 41.4 Å². The summed E-state index contributed by atoms with van der Waals surface area (Å²) in [6.45, 7) is 2.01. The van der Waals surface area contributed by atoms with Crippen LogP contribution in [0.25, 0.3) is 0 Å². The number of hydrogen-bond acceptors (Lipinski definition) is 3. The van der Waals surface area contributed by atoms with Crippen molar-refractivity contribution < 1.29 is 19.8 Å². The molecule has 0 fully saturated rings. The summed E-state index contributed by atoms with van der Waals surface area (Å²) in [6, 6.07) is -1.08. The van der Waals surface area contributed by atoms with Crippen LogP contribution in [0.1, 0.15) is 26.2 Å². The van der Waals surface area contributed by atoms with Crippen LogP contribution in [0.2, 0.25) is 0 Å². The van der Waals surface area contributed by atoms with E-state index >= 15 is 0 Å². The van der Waals surface area contributed by atoms with Gasteiger partial charge in [-0.1, -0.05) is 19.8 Å². The van der Waals surface area contributed by atoms with E-state index < -0.39 is 24.6 Å². The molecule has 0 aliphatic heterocycles. The molecule has 0 radical (unpaired) electrons. The molecule has 0 saturated heterocycles. The Bertz CT molecular complexity index is 208. The fourth-order valence-corrected chi connectivity index (χ4v) is 1.05. The highest BCUT2D eigenvalue weighted by molar-refractivity contribution is 5.85. The van der Waals surface area contributed by atoms with E-state index in [9.17, 15) is 9.59 Å². The largest absolute Gasteiger partial charge is 0.465 e. The van der Waals surface area contributed by atoms with Crippen LogP contribution >= 0.6 is 0 Å². The van der Waals surface area contributed by atoms with E-state index in [1.807, 2.05) is 12.2 Å². The van der Waals surface area contributed by atoms with E-state index in [1.165, 1.54) is 0 Å². The Balaban J connectivity index is 3.78. The molecule has 0 heterocycles. The maximum Gasteiger partial charge on any atom is 0.405 e. The fraction of sp³-hybridized carbons (Fsp3) is 0.778. The number of carbonyl (C=O) groups is 2. The third-order valence-electron chi connectivity index (χ3n) is 1.88. The van der Waals surface area contributed by atoms with Crippen LogP contribution in [0.3, 0.4) is 0 Å². The number of hydrogen-bond donors (Lipinski definition) is 4. The van der Waals surface area contributed by atoms with Crippen LogP contribution in [0.4, 0.5) is 4.79 Å². The zero-order valence-electron chi connectivity index (χ0n) is 8.82. The van der Waals surface area contributed by atoms with E-state index in [0.717, 1.165) is 19.3 Å². The van der Waals surface area contributed by atoms with Gasteiger partial charge in [0.25, 0.3) is 0 Å². The molecule has 6 heteroatoms. The first-order chi connectivity index (χ1) is 7.11. The van der Waals surface area contributed by atoms with E-state index in [4.69, 9.17) is 10.2 Å². The highest BCUT2D eigenvalue weighted by atomic mass is 16.4. The summed E-state index contributed by atoms with van der Waals surface area (Å²) in [5, 5.41) is 21.6. The van der Waals surface area contributed by atoms with Gasteiger partial charge in [-0.15, -0.1) is 0 Å². The number of aliphatic hydroxyl groups excluding tert-OH is 1. The number of nitrogens with one attached hydrogen (secondary N) is 2. The van der Waals surface area contributed by atoms with Crippen molar-refractivity contribution in [2.45, 2.75) is 32.2 Å². The topological polar surface area (TPSA) is 98.7 Å². The lowest BCUT2D eigenvalue weighted by molar-refractivity contribution is -0.123. The predicted molar refractivity (Wildman–Crippen MR) is 54.6 cm³/mol. The highest BCUT2D eigenvalue weighted by Crippen LogP contribution is 1.91. The van der Waals surface area contributed by atoms with Gasteiger partial charge in [-0.2, -0.15) is 0 Å². The second kappa shape index (κ2) is 8.05. The van der Waals surface area contributed by atoms with Gasteiger partial charge in [-0.25, -0.2) is 4.79 Å². The van der Waals surface area contributed by atoms with Crippen molar-refractivity contribution in [2.75, 3.05) is 13.2 Å². The number of rotatable bonds is 7. The average Bonchev–Trinajstić information content (AvgIpc) is 2.20. The Morgan fingerprint density at radius 3 is 2.47 bits per heavy atom. The van der Waals surface area contributed by atoms with Gasteiger partial charge in [0.15, 0.2) is 0 Å². The van der Waals surface area contributed by atoms with E-state index in [-0.39, 0.29) is 0 Å². The summed E-state index contributed by atoms with van der Waals surface area (Å²) in [6.07, 6.45) is 1.59. The molecule has 0 rings (SSSR count). The number of carboxylic acid groups (broad SMARTS) is 1. The zero-order chi connectivity index (χ0) is 11.7. The second-order valence-electron chi connectivity index (χ2n) is 3.18. The minimum atomic E-state index is -1.32. The first-order valence-corrected chi connectivity index (χ1v) is 4.99. The van der Waals surface area contributed by atoms with Gasteiger partial charge in [-0.3, -0.25) is 4.79 Å². The second-order valence-corrected chi connectivity index (χ2v) is 3.18. The number of unbranched alkanes of at least 4 members (excludes halogenated alkanes) is 2. The van der Waals surface area contributed by atoms with E-state index in [1.54, 1.807) is 0 Å². The van der Waals surface area contributed by atoms with Crippen molar-refractivity contribution in [1.82, 2.24) is 10.6 Å². The molecule has 0 aromatic heterocycles. The predicted octanol–water partition coefficient (Wildman–Crippen LogP) is -0.0787. The smallest absolute Gasteiger partial charge is 0.405 e. The molecule has 2 amide bonds. The number of carbonyl (C=O) groups excluding carboxylic acids is 1. The Labute approximate surface area is 88.7 Å². The summed E-state index contributed by atoms with van der Waals surface area (Å²) in [5.74, 6) is -0.490. The van der Waals surface area contributed by atoms with Crippen molar-refractivity contribution in [1.29, 1.82) is 0 Å². The molecule has 0 aliphatic carbocycles. The van der Waals surface area contributed by atoms with Crippen LogP contribution in [-0.2, 0) is 4.79 Å². The molecule has 0 spiro atoms. The van der Waals surface area contributed by atoms with Crippen molar-refractivity contribution in [3.63, 3.8) is 0 Å². The number of amides is 2. The molecule has 0 aromatic carbocycles. The molecule has 1 unspecified atom stereocenters. The Morgan fingerprint density at radius 2 is 2.00 bits per heavy atom. The summed E-state index contributed by atoms with van der Waals surface area (Å²) >= 11 is 0. The first-order valence-electron chi connectivity index (χ1n) is 4.99. The van der Waals surface area contributed by atoms with Crippen molar-refractivity contribution in [2.24, 2.45) is 0 Å². The Hall–Kier alpha value is -1.30. The van der Waals surface area contributed by atoms with Crippen LogP contribution in [0.15, 0.2) is 0 Å². The maximum absolute atomic E-state index is 11.3. The van der Waals surface area contributed by atoms with Gasteiger partial charge in [0.05, 0.1) is 6.61 Å². The molecule has 1 atom stereocenters. The number of aliphatic hydroxyl groups is 1. The summed E-state index contributed by atoms with van der Waals surface area (Å²) in [7, 11) is 0. The monoisotopic (exact) mass is 218 g/mol. The lowest BCUT2D eigenvalue weighted by Gasteiger charge is -2.13. The molecule has 0 aromatic rings. The molecular formula is C9H18N2O4. The summed E-state index contributed by atoms with van der Waals surface area (Å²) < 4.78 is 0. The molecule has 0 bridgehead atoms. The van der Waals surface area contributed by atoms with Crippen molar-refractivity contribution >= 4 is 12.0 Å². The van der Waals surface area contributed by atoms with Gasteiger partial charge < -0.3 is 20.8 Å². The third kappa shape index (κ3) is 6.73. The van der Waals surface area contributed by atoms with Crippen LogP contribution in [0.5, 0.6) is 0 Å². The minimum absolute atomic E-state index is 0.490. The highest BCUT2D eigenvalue weighted by Gasteiger charge is 2.18. The zero-order valence-corrected chi connectivity index (χ0v) is 8.82. The van der Waals surface area contributed by atoms with Gasteiger partial charge in [0, 0.05) is 6.54 Å². The maximum atomic E-state index is 11.3. The normalized spacial score (nSPS) is 11.9. The van der Waals surface area contributed by atoms with Crippen LogP contribution in [0, 0.1) is 0 Å². The third-order valence-corrected chi connectivity index (χ3v) is 1.88. The first kappa shape index (κ1) is 13.7. The average molecular weight is 218 g/mol. The SMILES string of the molecule is CCCCCNC(=O)C(CO)NC(=O)O. The standard InChI is InChI=1S/C9H18N2O4/c1-2-3-4-5-10-8(13)7(6-12)11-9(14)15/h7,11-12H,2-6H2,1H3,(H,10,13)(H,14,15). The van der Waals surface area contributed by atoms with Gasteiger partial charge >= 0.3 is 6.09 Å². The van der Waals surface area contributed by atoms with Gasteiger partial charge in [-0.05, 0) is 6.42 Å². The molecule has 0 aliphatic rings. The van der Waals surface area contributed by atoms with Gasteiger partial charge in [0.2, 0.25) is 5.91 Å². The molecule has 88 valence electrons. The van der Waals surface area contributed by atoms with E-state index in [0.29, 0.717) is 6.54 Å². The Kier molecular flexibility index (Phi) is 7.35. The van der Waals surface area contributed by atoms with Crippen molar-refractivity contribution in [3.05, 3.63) is 0 Å². The molecular weight excluding hydrogens is 200 g/mol. The van der Waals surface area contributed by atoms with Crippen molar-refractivity contribution in [3.8, 4) is 0 Å². The lowest BCUT2D eigenvalue weighted by Crippen LogP contribution is -2.48. The van der Waals surface area contributed by atoms with E-state index in [2.05, 4.69) is 5.32 Å². The molecule has 4 N–H and O–H groups in total. The van der Waals surface area contributed by atoms with Crippen LogP contribution < -0.4 is 10.6 Å². The fourth-order valence-electron chi connectivity index (χ4n) is 1.05. The molecule has 6 nitrogen and oxygen atoms in total. The minimum Gasteiger partial charge on any atom is -0.465 e. The quantitative estimate of drug-likeness (QED) is 0.449. The molecule has 0 saturated carbocycles. The lowest BCUT2D eigenvalue weighted by atomic mass is 10.2. The summed E-state index contributed by atoms with van der Waals surface area (Å²) in [5.41, 5.74) is 0.